The van der Waals surface area contributed by atoms with Crippen LogP contribution in [0.1, 0.15) is 31.2 Å². The predicted molar refractivity (Wildman–Crippen MR) is 68.1 cm³/mol. The molecule has 16 heavy (non-hydrogen) atoms. The molecule has 0 aliphatic heterocycles. The zero-order valence-corrected chi connectivity index (χ0v) is 10.2. The van der Waals surface area contributed by atoms with Gasteiger partial charge in [0.15, 0.2) is 0 Å². The van der Waals surface area contributed by atoms with Gasteiger partial charge in [-0.15, -0.1) is 0 Å². The molecule has 0 aliphatic rings. The van der Waals surface area contributed by atoms with E-state index in [1.165, 1.54) is 24.8 Å². The van der Waals surface area contributed by atoms with Crippen molar-refractivity contribution in [1.29, 1.82) is 0 Å². The molecule has 0 aliphatic carbocycles. The summed E-state index contributed by atoms with van der Waals surface area (Å²) in [6.07, 6.45) is 8.72. The standard InChI is InChI=1S/C13H23N3/c1-16(10-5-3-2-4-8-14)12-13-7-6-9-15-11-13/h6-7,9,11H,2-5,8,10,12,14H2,1H3. The van der Waals surface area contributed by atoms with E-state index in [0.717, 1.165) is 26.1 Å². The Kier molecular flexibility index (Phi) is 6.77. The van der Waals surface area contributed by atoms with Crippen molar-refractivity contribution in [1.82, 2.24) is 9.88 Å². The Morgan fingerprint density at radius 2 is 2.06 bits per heavy atom. The number of unbranched alkanes of at least 4 members (excludes halogenated alkanes) is 3. The predicted octanol–water partition coefficient (Wildman–Crippen LogP) is 2.03. The molecule has 90 valence electrons. The van der Waals surface area contributed by atoms with Crippen molar-refractivity contribution in [2.45, 2.75) is 32.2 Å². The lowest BCUT2D eigenvalue weighted by molar-refractivity contribution is 0.316. The molecular formula is C13H23N3. The average Bonchev–Trinajstić information content (AvgIpc) is 2.30. The molecule has 0 amide bonds. The third kappa shape index (κ3) is 5.83. The summed E-state index contributed by atoms with van der Waals surface area (Å²) in [4.78, 5) is 6.46. The molecule has 1 aromatic heterocycles. The molecule has 1 rings (SSSR count). The fourth-order valence-electron chi connectivity index (χ4n) is 1.76. The van der Waals surface area contributed by atoms with Crippen LogP contribution < -0.4 is 5.73 Å². The second-order valence-electron chi connectivity index (χ2n) is 4.30. The van der Waals surface area contributed by atoms with Crippen molar-refractivity contribution < 1.29 is 0 Å². The van der Waals surface area contributed by atoms with Crippen LogP contribution in [0.15, 0.2) is 24.5 Å². The molecule has 0 bridgehead atoms. The highest BCUT2D eigenvalue weighted by atomic mass is 15.1. The van der Waals surface area contributed by atoms with E-state index < -0.39 is 0 Å². The van der Waals surface area contributed by atoms with Gasteiger partial charge in [-0.3, -0.25) is 4.98 Å². The van der Waals surface area contributed by atoms with Crippen LogP contribution >= 0.6 is 0 Å². The molecule has 1 aromatic rings. The summed E-state index contributed by atoms with van der Waals surface area (Å²) < 4.78 is 0. The summed E-state index contributed by atoms with van der Waals surface area (Å²) >= 11 is 0. The molecular weight excluding hydrogens is 198 g/mol. The van der Waals surface area contributed by atoms with Crippen molar-refractivity contribution in [3.05, 3.63) is 30.1 Å². The Balaban J connectivity index is 2.09. The molecule has 0 radical (unpaired) electrons. The lowest BCUT2D eigenvalue weighted by Gasteiger charge is -2.16. The highest BCUT2D eigenvalue weighted by Gasteiger charge is 1.99. The van der Waals surface area contributed by atoms with E-state index in [-0.39, 0.29) is 0 Å². The van der Waals surface area contributed by atoms with Crippen LogP contribution in [-0.2, 0) is 6.54 Å². The highest BCUT2D eigenvalue weighted by Crippen LogP contribution is 2.04. The number of hydrogen-bond donors (Lipinski definition) is 1. The number of aromatic nitrogens is 1. The first kappa shape index (κ1) is 13.1. The van der Waals surface area contributed by atoms with Crippen molar-refractivity contribution in [2.24, 2.45) is 5.73 Å². The van der Waals surface area contributed by atoms with Crippen molar-refractivity contribution in [3.8, 4) is 0 Å². The highest BCUT2D eigenvalue weighted by molar-refractivity contribution is 5.07. The van der Waals surface area contributed by atoms with Gasteiger partial charge in [0.25, 0.3) is 0 Å². The van der Waals surface area contributed by atoms with Crippen LogP contribution in [0.4, 0.5) is 0 Å². The zero-order chi connectivity index (χ0) is 11.6. The lowest BCUT2D eigenvalue weighted by atomic mass is 10.2. The average molecular weight is 221 g/mol. The third-order valence-electron chi connectivity index (χ3n) is 2.67. The minimum atomic E-state index is 0.825. The molecule has 0 fully saturated rings. The summed E-state index contributed by atoms with van der Waals surface area (Å²) in [5.41, 5.74) is 6.74. The Morgan fingerprint density at radius 1 is 1.25 bits per heavy atom. The largest absolute Gasteiger partial charge is 0.330 e. The fraction of sp³-hybridized carbons (Fsp3) is 0.615. The Hall–Kier alpha value is -0.930. The van der Waals surface area contributed by atoms with Crippen LogP contribution in [-0.4, -0.2) is 30.0 Å². The van der Waals surface area contributed by atoms with E-state index in [1.54, 1.807) is 0 Å². The Bertz CT molecular complexity index is 261. The Labute approximate surface area is 98.7 Å². The van der Waals surface area contributed by atoms with Gasteiger partial charge in [0, 0.05) is 18.9 Å². The summed E-state index contributed by atoms with van der Waals surface area (Å²) in [6, 6.07) is 4.11. The molecule has 2 N–H and O–H groups in total. The summed E-state index contributed by atoms with van der Waals surface area (Å²) in [6.45, 7) is 2.97. The van der Waals surface area contributed by atoms with Gasteiger partial charge >= 0.3 is 0 Å². The van der Waals surface area contributed by atoms with Crippen LogP contribution in [0.5, 0.6) is 0 Å². The number of nitrogens with zero attached hydrogens (tertiary/aromatic N) is 2. The molecule has 3 heteroatoms. The van der Waals surface area contributed by atoms with Crippen molar-refractivity contribution >= 4 is 0 Å². The van der Waals surface area contributed by atoms with E-state index in [4.69, 9.17) is 5.73 Å². The van der Waals surface area contributed by atoms with Crippen LogP contribution in [0, 0.1) is 0 Å². The first-order valence-electron chi connectivity index (χ1n) is 6.10. The lowest BCUT2D eigenvalue weighted by Crippen LogP contribution is -2.19. The third-order valence-corrected chi connectivity index (χ3v) is 2.67. The normalized spacial score (nSPS) is 10.9. The molecule has 0 spiro atoms. The van der Waals surface area contributed by atoms with E-state index in [1.807, 2.05) is 18.5 Å². The van der Waals surface area contributed by atoms with Gasteiger partial charge in [-0.25, -0.2) is 0 Å². The van der Waals surface area contributed by atoms with Gasteiger partial charge < -0.3 is 10.6 Å². The second-order valence-corrected chi connectivity index (χ2v) is 4.30. The molecule has 0 aromatic carbocycles. The van der Waals surface area contributed by atoms with Gasteiger partial charge in [-0.05, 0) is 44.6 Å². The summed E-state index contributed by atoms with van der Waals surface area (Å²) in [7, 11) is 2.16. The number of nitrogens with two attached hydrogens (primary N) is 1. The summed E-state index contributed by atoms with van der Waals surface area (Å²) in [5, 5.41) is 0. The van der Waals surface area contributed by atoms with Crippen molar-refractivity contribution in [3.63, 3.8) is 0 Å². The van der Waals surface area contributed by atoms with Gasteiger partial charge in [0.2, 0.25) is 0 Å². The van der Waals surface area contributed by atoms with Crippen LogP contribution in [0.3, 0.4) is 0 Å². The second kappa shape index (κ2) is 8.25. The van der Waals surface area contributed by atoms with Gasteiger partial charge in [0.05, 0.1) is 0 Å². The summed E-state index contributed by atoms with van der Waals surface area (Å²) in [5.74, 6) is 0. The molecule has 0 saturated carbocycles. The molecule has 0 unspecified atom stereocenters. The van der Waals surface area contributed by atoms with E-state index in [2.05, 4.69) is 23.0 Å². The number of rotatable bonds is 8. The smallest absolute Gasteiger partial charge is 0.0312 e. The minimum absolute atomic E-state index is 0.825. The number of hydrogen-bond acceptors (Lipinski definition) is 3. The first-order valence-corrected chi connectivity index (χ1v) is 6.10. The molecule has 0 saturated heterocycles. The topological polar surface area (TPSA) is 42.1 Å². The SMILES string of the molecule is CN(CCCCCCN)Cc1cccnc1. The monoisotopic (exact) mass is 221 g/mol. The molecule has 1 heterocycles. The van der Waals surface area contributed by atoms with Gasteiger partial charge in [0.1, 0.15) is 0 Å². The fourth-order valence-corrected chi connectivity index (χ4v) is 1.76. The van der Waals surface area contributed by atoms with E-state index >= 15 is 0 Å². The molecule has 0 atom stereocenters. The maximum absolute atomic E-state index is 5.46. The van der Waals surface area contributed by atoms with Crippen LogP contribution in [0.2, 0.25) is 0 Å². The van der Waals surface area contributed by atoms with Gasteiger partial charge in [-0.2, -0.15) is 0 Å². The Morgan fingerprint density at radius 3 is 2.75 bits per heavy atom. The van der Waals surface area contributed by atoms with Crippen LogP contribution in [0.25, 0.3) is 0 Å². The zero-order valence-electron chi connectivity index (χ0n) is 10.2. The maximum atomic E-state index is 5.46. The quantitative estimate of drug-likeness (QED) is 0.683. The molecule has 3 nitrogen and oxygen atoms in total. The minimum Gasteiger partial charge on any atom is -0.330 e. The van der Waals surface area contributed by atoms with E-state index in [0.29, 0.717) is 0 Å². The number of pyridine rings is 1. The van der Waals surface area contributed by atoms with Gasteiger partial charge in [-0.1, -0.05) is 18.9 Å². The first-order chi connectivity index (χ1) is 7.83. The maximum Gasteiger partial charge on any atom is 0.0312 e. The van der Waals surface area contributed by atoms with Crippen molar-refractivity contribution in [2.75, 3.05) is 20.1 Å². The van der Waals surface area contributed by atoms with E-state index in [9.17, 15) is 0 Å².